The van der Waals surface area contributed by atoms with Crippen LogP contribution in [0.1, 0.15) is 12.8 Å². The maximum atomic E-state index is 12.3. The third kappa shape index (κ3) is 4.05. The fourth-order valence-corrected chi connectivity index (χ4v) is 4.17. The van der Waals surface area contributed by atoms with Gasteiger partial charge in [-0.1, -0.05) is 23.5 Å². The number of likely N-dealkylation sites (tertiary alicyclic amines) is 1. The van der Waals surface area contributed by atoms with Crippen molar-refractivity contribution in [1.29, 1.82) is 0 Å². The van der Waals surface area contributed by atoms with Crippen molar-refractivity contribution in [3.05, 3.63) is 42.7 Å². The first-order valence-corrected chi connectivity index (χ1v) is 9.43. The molecule has 130 valence electrons. The second-order valence-electron chi connectivity index (χ2n) is 6.48. The van der Waals surface area contributed by atoms with E-state index in [1.165, 1.54) is 11.3 Å². The van der Waals surface area contributed by atoms with Crippen molar-refractivity contribution in [3.8, 4) is 0 Å². The number of hydrogen-bond donors (Lipinski definition) is 1. The molecule has 7 heteroatoms. The lowest BCUT2D eigenvalue weighted by atomic mass is 9.97. The van der Waals surface area contributed by atoms with Gasteiger partial charge >= 0.3 is 0 Å². The zero-order valence-corrected chi connectivity index (χ0v) is 14.8. The molecule has 0 aliphatic carbocycles. The minimum Gasteiger partial charge on any atom is -0.301 e. The fourth-order valence-electron chi connectivity index (χ4n) is 3.29. The van der Waals surface area contributed by atoms with Crippen molar-refractivity contribution in [2.45, 2.75) is 19.4 Å². The first kappa shape index (κ1) is 16.2. The molecule has 2 aromatic heterocycles. The molecular formula is C18H21N5OS. The van der Waals surface area contributed by atoms with Crippen LogP contribution in [0, 0.1) is 5.92 Å². The van der Waals surface area contributed by atoms with Crippen molar-refractivity contribution >= 4 is 32.6 Å². The van der Waals surface area contributed by atoms with Gasteiger partial charge in [0.2, 0.25) is 5.91 Å². The second-order valence-corrected chi connectivity index (χ2v) is 7.51. The van der Waals surface area contributed by atoms with E-state index < -0.39 is 0 Å². The second kappa shape index (κ2) is 7.33. The van der Waals surface area contributed by atoms with Crippen LogP contribution in [0.15, 0.2) is 42.7 Å². The van der Waals surface area contributed by atoms with Gasteiger partial charge in [0, 0.05) is 18.9 Å². The Morgan fingerprint density at radius 2 is 2.08 bits per heavy atom. The van der Waals surface area contributed by atoms with E-state index >= 15 is 0 Å². The maximum absolute atomic E-state index is 12.3. The Bertz CT molecular complexity index is 803. The van der Waals surface area contributed by atoms with Gasteiger partial charge in [-0.25, -0.2) is 4.98 Å². The van der Waals surface area contributed by atoms with Crippen LogP contribution in [0.2, 0.25) is 0 Å². The molecule has 0 atom stereocenters. The number of carbonyl (C=O) groups excluding carboxylic acids is 1. The number of piperidine rings is 1. The number of para-hydroxylation sites is 1. The Labute approximate surface area is 150 Å². The molecular weight excluding hydrogens is 334 g/mol. The summed E-state index contributed by atoms with van der Waals surface area (Å²) in [5.74, 6) is 0.660. The number of hydrogen-bond acceptors (Lipinski definition) is 5. The zero-order chi connectivity index (χ0) is 17.1. The van der Waals surface area contributed by atoms with Crippen molar-refractivity contribution < 1.29 is 4.79 Å². The number of benzene rings is 1. The topological polar surface area (TPSA) is 63.1 Å². The van der Waals surface area contributed by atoms with Crippen LogP contribution >= 0.6 is 11.3 Å². The van der Waals surface area contributed by atoms with Crippen molar-refractivity contribution in [2.24, 2.45) is 5.92 Å². The van der Waals surface area contributed by atoms with Gasteiger partial charge in [0.05, 0.1) is 16.8 Å². The summed E-state index contributed by atoms with van der Waals surface area (Å²) in [7, 11) is 0. The molecule has 1 saturated heterocycles. The highest BCUT2D eigenvalue weighted by molar-refractivity contribution is 7.22. The first-order valence-electron chi connectivity index (χ1n) is 8.61. The SMILES string of the molecule is O=C(CN1CCC(Cn2cccn2)CC1)Nc1nc2ccccc2s1. The Balaban J connectivity index is 1.26. The molecule has 25 heavy (non-hydrogen) atoms. The molecule has 0 unspecified atom stereocenters. The lowest BCUT2D eigenvalue weighted by molar-refractivity contribution is -0.117. The third-order valence-electron chi connectivity index (χ3n) is 4.62. The smallest absolute Gasteiger partial charge is 0.240 e. The normalized spacial score (nSPS) is 16.3. The number of nitrogens with one attached hydrogen (secondary N) is 1. The summed E-state index contributed by atoms with van der Waals surface area (Å²) in [5, 5.41) is 7.89. The number of fused-ring (bicyclic) bond motifs is 1. The average Bonchev–Trinajstić information content (AvgIpc) is 3.25. The van der Waals surface area contributed by atoms with E-state index in [1.807, 2.05) is 47.4 Å². The molecule has 0 spiro atoms. The lowest BCUT2D eigenvalue weighted by Crippen LogP contribution is -2.40. The monoisotopic (exact) mass is 355 g/mol. The minimum atomic E-state index is 0.0181. The van der Waals surface area contributed by atoms with E-state index in [4.69, 9.17) is 0 Å². The standard InChI is InChI=1S/C18H21N5OS/c24-17(21-18-20-15-4-1-2-5-16(15)25-18)13-22-10-6-14(7-11-22)12-23-9-3-8-19-23/h1-5,8-9,14H,6-7,10-13H2,(H,20,21,24). The van der Waals surface area contributed by atoms with E-state index in [1.54, 1.807) is 0 Å². The molecule has 1 amide bonds. The molecule has 1 aliphatic heterocycles. The molecule has 1 N–H and O–H groups in total. The highest BCUT2D eigenvalue weighted by Crippen LogP contribution is 2.25. The molecule has 3 heterocycles. The predicted molar refractivity (Wildman–Crippen MR) is 99.6 cm³/mol. The minimum absolute atomic E-state index is 0.0181. The molecule has 1 aliphatic rings. The number of aromatic nitrogens is 3. The summed E-state index contributed by atoms with van der Waals surface area (Å²) in [5.41, 5.74) is 0.933. The van der Waals surface area contributed by atoms with Crippen LogP contribution in [0.25, 0.3) is 10.2 Å². The number of amides is 1. The Morgan fingerprint density at radius 1 is 1.24 bits per heavy atom. The number of carbonyl (C=O) groups is 1. The van der Waals surface area contributed by atoms with Crippen LogP contribution < -0.4 is 5.32 Å². The number of rotatable bonds is 5. The third-order valence-corrected chi connectivity index (χ3v) is 5.57. The Kier molecular flexibility index (Phi) is 4.76. The van der Waals surface area contributed by atoms with Gasteiger partial charge in [-0.2, -0.15) is 5.10 Å². The number of nitrogens with zero attached hydrogens (tertiary/aromatic N) is 4. The Morgan fingerprint density at radius 3 is 2.84 bits per heavy atom. The van der Waals surface area contributed by atoms with E-state index in [0.29, 0.717) is 17.6 Å². The van der Waals surface area contributed by atoms with Crippen LogP contribution in [-0.2, 0) is 11.3 Å². The number of anilines is 1. The quantitative estimate of drug-likeness (QED) is 0.764. The molecule has 4 rings (SSSR count). The van der Waals surface area contributed by atoms with E-state index in [9.17, 15) is 4.79 Å². The van der Waals surface area contributed by atoms with Gasteiger partial charge in [0.15, 0.2) is 5.13 Å². The first-order chi connectivity index (χ1) is 12.3. The van der Waals surface area contributed by atoms with Crippen molar-refractivity contribution in [3.63, 3.8) is 0 Å². The number of thiazole rings is 1. The van der Waals surface area contributed by atoms with Gasteiger partial charge in [-0.15, -0.1) is 0 Å². The molecule has 6 nitrogen and oxygen atoms in total. The molecule has 0 radical (unpaired) electrons. The van der Waals surface area contributed by atoms with Gasteiger partial charge in [-0.3, -0.25) is 14.4 Å². The lowest BCUT2D eigenvalue weighted by Gasteiger charge is -2.31. The van der Waals surface area contributed by atoms with Gasteiger partial charge in [0.25, 0.3) is 0 Å². The summed E-state index contributed by atoms with van der Waals surface area (Å²) in [6.45, 7) is 3.32. The van der Waals surface area contributed by atoms with Crippen LogP contribution in [0.4, 0.5) is 5.13 Å². The highest BCUT2D eigenvalue weighted by atomic mass is 32.1. The Hall–Kier alpha value is -2.25. The molecule has 3 aromatic rings. The largest absolute Gasteiger partial charge is 0.301 e. The highest BCUT2D eigenvalue weighted by Gasteiger charge is 2.21. The van der Waals surface area contributed by atoms with E-state index in [2.05, 4.69) is 20.3 Å². The predicted octanol–water partition coefficient (Wildman–Crippen LogP) is 2.84. The molecule has 0 saturated carbocycles. The summed E-state index contributed by atoms with van der Waals surface area (Å²) >= 11 is 1.52. The summed E-state index contributed by atoms with van der Waals surface area (Å²) in [4.78, 5) is 19.0. The summed E-state index contributed by atoms with van der Waals surface area (Å²) < 4.78 is 3.09. The zero-order valence-electron chi connectivity index (χ0n) is 14.0. The van der Waals surface area contributed by atoms with E-state index in [-0.39, 0.29) is 5.91 Å². The summed E-state index contributed by atoms with van der Waals surface area (Å²) in [6.07, 6.45) is 6.04. The van der Waals surface area contributed by atoms with Gasteiger partial charge in [0.1, 0.15) is 0 Å². The van der Waals surface area contributed by atoms with Gasteiger partial charge in [-0.05, 0) is 50.0 Å². The average molecular weight is 355 g/mol. The van der Waals surface area contributed by atoms with Crippen LogP contribution in [0.3, 0.4) is 0 Å². The van der Waals surface area contributed by atoms with Gasteiger partial charge < -0.3 is 5.32 Å². The van der Waals surface area contributed by atoms with Crippen LogP contribution in [-0.4, -0.2) is 45.2 Å². The van der Waals surface area contributed by atoms with Crippen molar-refractivity contribution in [1.82, 2.24) is 19.7 Å². The maximum Gasteiger partial charge on any atom is 0.240 e. The van der Waals surface area contributed by atoms with E-state index in [0.717, 1.165) is 42.7 Å². The summed E-state index contributed by atoms with van der Waals surface area (Å²) in [6, 6.07) is 9.89. The van der Waals surface area contributed by atoms with Crippen molar-refractivity contribution in [2.75, 3.05) is 25.0 Å². The molecule has 1 aromatic carbocycles. The van der Waals surface area contributed by atoms with Crippen LogP contribution in [0.5, 0.6) is 0 Å². The molecule has 1 fully saturated rings. The fraction of sp³-hybridized carbons (Fsp3) is 0.389. The molecule has 0 bridgehead atoms.